The summed E-state index contributed by atoms with van der Waals surface area (Å²) in [5, 5.41) is 2.65. The van der Waals surface area contributed by atoms with Crippen LogP contribution in [0.15, 0.2) is 48.5 Å². The van der Waals surface area contributed by atoms with Crippen molar-refractivity contribution in [3.8, 4) is 0 Å². The number of hydrogen-bond acceptors (Lipinski definition) is 5. The molecule has 0 aliphatic heterocycles. The van der Waals surface area contributed by atoms with Gasteiger partial charge in [-0.25, -0.2) is 4.79 Å². The maximum atomic E-state index is 12.4. The number of hydrogen-bond donors (Lipinski definition) is 1. The van der Waals surface area contributed by atoms with Crippen molar-refractivity contribution in [2.45, 2.75) is 13.8 Å². The SMILES string of the molecule is CCN(CC)C(=O)c1cccc(NC(=O)COC(=O)c2cccc(N(C)C)c2)c1. The van der Waals surface area contributed by atoms with Crippen molar-refractivity contribution in [1.29, 1.82) is 0 Å². The summed E-state index contributed by atoms with van der Waals surface area (Å²) >= 11 is 0. The summed E-state index contributed by atoms with van der Waals surface area (Å²) in [5.74, 6) is -1.15. The summed E-state index contributed by atoms with van der Waals surface area (Å²) in [4.78, 5) is 40.4. The smallest absolute Gasteiger partial charge is 0.338 e. The van der Waals surface area contributed by atoms with Crippen molar-refractivity contribution in [3.05, 3.63) is 59.7 Å². The van der Waals surface area contributed by atoms with Crippen LogP contribution in [0.4, 0.5) is 11.4 Å². The van der Waals surface area contributed by atoms with Gasteiger partial charge in [-0.3, -0.25) is 9.59 Å². The molecule has 0 fully saturated rings. The van der Waals surface area contributed by atoms with Crippen LogP contribution in [0.1, 0.15) is 34.6 Å². The van der Waals surface area contributed by atoms with Crippen molar-refractivity contribution in [2.24, 2.45) is 0 Å². The van der Waals surface area contributed by atoms with Crippen LogP contribution in [0, 0.1) is 0 Å². The molecule has 0 aromatic heterocycles. The minimum absolute atomic E-state index is 0.0988. The number of amides is 2. The molecule has 0 saturated heterocycles. The van der Waals surface area contributed by atoms with Gasteiger partial charge in [-0.1, -0.05) is 12.1 Å². The molecule has 29 heavy (non-hydrogen) atoms. The molecule has 7 nitrogen and oxygen atoms in total. The average Bonchev–Trinajstić information content (AvgIpc) is 2.73. The molecular formula is C22H27N3O4. The Morgan fingerprint density at radius 1 is 0.931 bits per heavy atom. The second kappa shape index (κ2) is 10.3. The van der Waals surface area contributed by atoms with Crippen LogP contribution < -0.4 is 10.2 Å². The fourth-order valence-electron chi connectivity index (χ4n) is 2.75. The number of benzene rings is 2. The molecule has 0 radical (unpaired) electrons. The Balaban J connectivity index is 1.96. The van der Waals surface area contributed by atoms with Crippen LogP contribution in [-0.4, -0.2) is 56.5 Å². The van der Waals surface area contributed by atoms with E-state index in [1.165, 1.54) is 0 Å². The molecule has 0 spiro atoms. The molecule has 0 aliphatic carbocycles. The van der Waals surface area contributed by atoms with Crippen molar-refractivity contribution in [3.63, 3.8) is 0 Å². The third-order valence-corrected chi connectivity index (χ3v) is 4.38. The molecule has 154 valence electrons. The minimum atomic E-state index is -0.575. The van der Waals surface area contributed by atoms with E-state index in [1.807, 2.05) is 38.9 Å². The van der Waals surface area contributed by atoms with E-state index in [1.54, 1.807) is 47.4 Å². The van der Waals surface area contributed by atoms with Gasteiger partial charge in [0.2, 0.25) is 0 Å². The van der Waals surface area contributed by atoms with Gasteiger partial charge in [-0.2, -0.15) is 0 Å². The Labute approximate surface area is 171 Å². The topological polar surface area (TPSA) is 79.0 Å². The van der Waals surface area contributed by atoms with Crippen LogP contribution in [0.5, 0.6) is 0 Å². The number of carbonyl (C=O) groups is 3. The molecule has 7 heteroatoms. The summed E-state index contributed by atoms with van der Waals surface area (Å²) in [6, 6.07) is 13.7. The Morgan fingerprint density at radius 2 is 1.59 bits per heavy atom. The van der Waals surface area contributed by atoms with E-state index in [4.69, 9.17) is 4.74 Å². The molecule has 2 rings (SSSR count). The molecule has 2 amide bonds. The predicted molar refractivity (Wildman–Crippen MR) is 113 cm³/mol. The number of ether oxygens (including phenoxy) is 1. The number of nitrogens with one attached hydrogen (secondary N) is 1. The minimum Gasteiger partial charge on any atom is -0.452 e. The molecule has 0 bridgehead atoms. The maximum Gasteiger partial charge on any atom is 0.338 e. The van der Waals surface area contributed by atoms with Gasteiger partial charge in [0.25, 0.3) is 11.8 Å². The van der Waals surface area contributed by atoms with Crippen LogP contribution >= 0.6 is 0 Å². The second-order valence-electron chi connectivity index (χ2n) is 6.63. The van der Waals surface area contributed by atoms with E-state index in [-0.39, 0.29) is 5.91 Å². The quantitative estimate of drug-likeness (QED) is 0.693. The Morgan fingerprint density at radius 3 is 2.24 bits per heavy atom. The highest BCUT2D eigenvalue weighted by atomic mass is 16.5. The average molecular weight is 397 g/mol. The van der Waals surface area contributed by atoms with E-state index in [9.17, 15) is 14.4 Å². The third kappa shape index (κ3) is 6.07. The zero-order valence-corrected chi connectivity index (χ0v) is 17.3. The first-order valence-corrected chi connectivity index (χ1v) is 9.49. The summed E-state index contributed by atoms with van der Waals surface area (Å²) in [5.41, 5.74) is 2.19. The van der Waals surface area contributed by atoms with E-state index < -0.39 is 18.5 Å². The first-order valence-electron chi connectivity index (χ1n) is 9.49. The van der Waals surface area contributed by atoms with Gasteiger partial charge >= 0.3 is 5.97 Å². The molecular weight excluding hydrogens is 370 g/mol. The first kappa shape index (κ1) is 21.9. The maximum absolute atomic E-state index is 12.4. The number of carbonyl (C=O) groups excluding carboxylic acids is 3. The lowest BCUT2D eigenvalue weighted by Crippen LogP contribution is -2.30. The van der Waals surface area contributed by atoms with E-state index in [0.29, 0.717) is 29.9 Å². The highest BCUT2D eigenvalue weighted by molar-refractivity contribution is 5.98. The molecule has 1 N–H and O–H groups in total. The largest absolute Gasteiger partial charge is 0.452 e. The normalized spacial score (nSPS) is 10.2. The van der Waals surface area contributed by atoms with Gasteiger partial charge in [-0.15, -0.1) is 0 Å². The van der Waals surface area contributed by atoms with Crippen molar-refractivity contribution < 1.29 is 19.1 Å². The van der Waals surface area contributed by atoms with E-state index in [2.05, 4.69) is 5.32 Å². The summed E-state index contributed by atoms with van der Waals surface area (Å²) < 4.78 is 5.10. The van der Waals surface area contributed by atoms with Gasteiger partial charge in [0.15, 0.2) is 6.61 Å². The van der Waals surface area contributed by atoms with Crippen molar-refractivity contribution in [1.82, 2.24) is 4.90 Å². The summed E-state index contributed by atoms with van der Waals surface area (Å²) in [7, 11) is 3.74. The molecule has 2 aromatic rings. The van der Waals surface area contributed by atoms with E-state index >= 15 is 0 Å². The Kier molecular flexibility index (Phi) is 7.77. The van der Waals surface area contributed by atoms with Crippen LogP contribution in [0.3, 0.4) is 0 Å². The van der Waals surface area contributed by atoms with Crippen LogP contribution in [-0.2, 0) is 9.53 Å². The standard InChI is InChI=1S/C22H27N3O4/c1-5-25(6-2)21(27)16-9-7-11-18(13-16)23-20(26)15-29-22(28)17-10-8-12-19(14-17)24(3)4/h7-14H,5-6,15H2,1-4H3,(H,23,26). The van der Waals surface area contributed by atoms with Crippen molar-refractivity contribution >= 4 is 29.2 Å². The zero-order chi connectivity index (χ0) is 21.4. The first-order chi connectivity index (χ1) is 13.8. The van der Waals surface area contributed by atoms with Gasteiger partial charge in [0.1, 0.15) is 0 Å². The number of rotatable bonds is 8. The monoisotopic (exact) mass is 397 g/mol. The lowest BCUT2D eigenvalue weighted by Gasteiger charge is -2.19. The van der Waals surface area contributed by atoms with Crippen LogP contribution in [0.25, 0.3) is 0 Å². The van der Waals surface area contributed by atoms with Crippen molar-refractivity contribution in [2.75, 3.05) is 44.0 Å². The Hall–Kier alpha value is -3.35. The van der Waals surface area contributed by atoms with Gasteiger partial charge in [0.05, 0.1) is 5.56 Å². The van der Waals surface area contributed by atoms with Crippen LogP contribution in [0.2, 0.25) is 0 Å². The molecule has 0 saturated carbocycles. The summed E-state index contributed by atoms with van der Waals surface area (Å²) in [6.45, 7) is 4.62. The molecule has 2 aromatic carbocycles. The summed E-state index contributed by atoms with van der Waals surface area (Å²) in [6.07, 6.45) is 0. The van der Waals surface area contributed by atoms with E-state index in [0.717, 1.165) is 5.69 Å². The lowest BCUT2D eigenvalue weighted by atomic mass is 10.1. The zero-order valence-electron chi connectivity index (χ0n) is 17.3. The second-order valence-corrected chi connectivity index (χ2v) is 6.63. The van der Waals surface area contributed by atoms with Gasteiger partial charge in [0, 0.05) is 44.1 Å². The number of nitrogens with zero attached hydrogens (tertiary/aromatic N) is 2. The van der Waals surface area contributed by atoms with Gasteiger partial charge < -0.3 is 19.9 Å². The highest BCUT2D eigenvalue weighted by Gasteiger charge is 2.14. The lowest BCUT2D eigenvalue weighted by molar-refractivity contribution is -0.119. The molecule has 0 atom stereocenters. The number of esters is 1. The van der Waals surface area contributed by atoms with Gasteiger partial charge in [-0.05, 0) is 50.2 Å². The number of anilines is 2. The molecule has 0 heterocycles. The Bertz CT molecular complexity index is 876. The molecule has 0 aliphatic rings. The third-order valence-electron chi connectivity index (χ3n) is 4.38. The fraction of sp³-hybridized carbons (Fsp3) is 0.318. The molecule has 0 unspecified atom stereocenters. The predicted octanol–water partition coefficient (Wildman–Crippen LogP) is 3.03. The fourth-order valence-corrected chi connectivity index (χ4v) is 2.75. The highest BCUT2D eigenvalue weighted by Crippen LogP contribution is 2.15.